The predicted octanol–water partition coefficient (Wildman–Crippen LogP) is 2.80. The van der Waals surface area contributed by atoms with Gasteiger partial charge in [0, 0.05) is 6.04 Å². The normalized spacial score (nSPS) is 27.2. The molecule has 0 aromatic heterocycles. The van der Waals surface area contributed by atoms with Gasteiger partial charge in [0.2, 0.25) is 10.0 Å². The Morgan fingerprint density at radius 3 is 2.40 bits per heavy atom. The molecule has 5 heteroatoms. The van der Waals surface area contributed by atoms with Crippen LogP contribution in [0.15, 0.2) is 29.2 Å². The highest BCUT2D eigenvalue weighted by Crippen LogP contribution is 2.30. The summed E-state index contributed by atoms with van der Waals surface area (Å²) in [5, 5.41) is 0. The van der Waals surface area contributed by atoms with Crippen molar-refractivity contribution in [1.29, 1.82) is 0 Å². The molecular weight excluding hydrogens is 274 g/mol. The van der Waals surface area contributed by atoms with E-state index in [1.807, 2.05) is 0 Å². The molecule has 1 fully saturated rings. The van der Waals surface area contributed by atoms with Crippen molar-refractivity contribution in [3.63, 3.8) is 0 Å². The number of nitrogens with one attached hydrogen (secondary N) is 1. The smallest absolute Gasteiger partial charge is 0.240 e. The molecule has 0 saturated heterocycles. The summed E-state index contributed by atoms with van der Waals surface area (Å²) in [6.45, 7) is 4.32. The molecule has 0 bridgehead atoms. The maximum Gasteiger partial charge on any atom is 0.240 e. The van der Waals surface area contributed by atoms with Gasteiger partial charge in [0.15, 0.2) is 0 Å². The van der Waals surface area contributed by atoms with Gasteiger partial charge in [-0.1, -0.05) is 26.7 Å². The second-order valence-corrected chi connectivity index (χ2v) is 7.38. The van der Waals surface area contributed by atoms with Crippen LogP contribution in [0.3, 0.4) is 0 Å². The van der Waals surface area contributed by atoms with E-state index in [0.29, 0.717) is 22.5 Å². The Bertz CT molecular complexity index is 539. The summed E-state index contributed by atoms with van der Waals surface area (Å²) in [5.74, 6) is 1.59. The minimum Gasteiger partial charge on any atom is -0.497 e. The van der Waals surface area contributed by atoms with Crippen LogP contribution in [0.1, 0.15) is 33.1 Å². The number of ether oxygens (including phenoxy) is 1. The van der Waals surface area contributed by atoms with Crippen molar-refractivity contribution in [3.05, 3.63) is 24.3 Å². The number of hydrogen-bond acceptors (Lipinski definition) is 3. The lowest BCUT2D eigenvalue weighted by Gasteiger charge is -2.34. The molecule has 0 spiro atoms. The number of sulfonamides is 1. The molecule has 1 N–H and O–H groups in total. The number of methoxy groups -OCH3 is 1. The molecule has 112 valence electrons. The molecule has 0 radical (unpaired) electrons. The second-order valence-electron chi connectivity index (χ2n) is 5.67. The van der Waals surface area contributed by atoms with E-state index in [2.05, 4.69) is 18.6 Å². The summed E-state index contributed by atoms with van der Waals surface area (Å²) < 4.78 is 32.7. The van der Waals surface area contributed by atoms with Gasteiger partial charge in [-0.3, -0.25) is 0 Å². The Morgan fingerprint density at radius 1 is 1.15 bits per heavy atom. The van der Waals surface area contributed by atoms with E-state index in [1.165, 1.54) is 6.42 Å². The fourth-order valence-electron chi connectivity index (χ4n) is 2.77. The molecule has 1 aliphatic carbocycles. The first-order valence-electron chi connectivity index (χ1n) is 7.10. The van der Waals surface area contributed by atoms with E-state index in [1.54, 1.807) is 31.4 Å². The molecule has 1 aromatic carbocycles. The summed E-state index contributed by atoms with van der Waals surface area (Å²) in [6.07, 6.45) is 3.18. The molecule has 0 aliphatic heterocycles. The lowest BCUT2D eigenvalue weighted by Crippen LogP contribution is -2.43. The van der Waals surface area contributed by atoms with E-state index in [9.17, 15) is 8.42 Å². The van der Waals surface area contributed by atoms with Gasteiger partial charge in [0.1, 0.15) is 5.75 Å². The fraction of sp³-hybridized carbons (Fsp3) is 0.600. The van der Waals surface area contributed by atoms with E-state index >= 15 is 0 Å². The third-order valence-electron chi connectivity index (χ3n) is 4.38. The molecule has 0 heterocycles. The van der Waals surface area contributed by atoms with Crippen molar-refractivity contribution >= 4 is 10.0 Å². The zero-order valence-electron chi connectivity index (χ0n) is 12.3. The molecule has 1 aliphatic rings. The third-order valence-corrected chi connectivity index (χ3v) is 5.89. The van der Waals surface area contributed by atoms with E-state index in [4.69, 9.17) is 4.74 Å². The molecule has 0 amide bonds. The average molecular weight is 297 g/mol. The summed E-state index contributed by atoms with van der Waals surface area (Å²) in [4.78, 5) is 0.295. The maximum absolute atomic E-state index is 12.4. The van der Waals surface area contributed by atoms with Crippen LogP contribution in [0.4, 0.5) is 0 Å². The lowest BCUT2D eigenvalue weighted by atomic mass is 9.78. The van der Waals surface area contributed by atoms with Crippen LogP contribution < -0.4 is 9.46 Å². The Morgan fingerprint density at radius 2 is 1.80 bits per heavy atom. The fourth-order valence-corrected chi connectivity index (χ4v) is 4.13. The highest BCUT2D eigenvalue weighted by atomic mass is 32.2. The van der Waals surface area contributed by atoms with Gasteiger partial charge in [-0.25, -0.2) is 13.1 Å². The lowest BCUT2D eigenvalue weighted by molar-refractivity contribution is 0.227. The van der Waals surface area contributed by atoms with E-state index in [0.717, 1.165) is 12.8 Å². The summed E-state index contributed by atoms with van der Waals surface area (Å²) in [5.41, 5.74) is 0. The first-order valence-corrected chi connectivity index (χ1v) is 8.59. The minimum atomic E-state index is -3.45. The summed E-state index contributed by atoms with van der Waals surface area (Å²) in [6, 6.07) is 6.53. The van der Waals surface area contributed by atoms with Crippen LogP contribution in [-0.4, -0.2) is 21.6 Å². The first kappa shape index (κ1) is 15.3. The Labute approximate surface area is 121 Å². The zero-order chi connectivity index (χ0) is 14.8. The molecule has 2 rings (SSSR count). The average Bonchev–Trinajstić information content (AvgIpc) is 2.44. The molecule has 4 nitrogen and oxygen atoms in total. The van der Waals surface area contributed by atoms with Gasteiger partial charge < -0.3 is 4.74 Å². The Hall–Kier alpha value is -1.07. The van der Waals surface area contributed by atoms with Crippen molar-refractivity contribution in [3.8, 4) is 5.75 Å². The predicted molar refractivity (Wildman–Crippen MR) is 79.3 cm³/mol. The van der Waals surface area contributed by atoms with E-state index < -0.39 is 10.0 Å². The van der Waals surface area contributed by atoms with Gasteiger partial charge in [-0.15, -0.1) is 0 Å². The summed E-state index contributed by atoms with van der Waals surface area (Å²) in [7, 11) is -1.88. The zero-order valence-corrected chi connectivity index (χ0v) is 13.1. The highest BCUT2D eigenvalue weighted by Gasteiger charge is 2.30. The second kappa shape index (κ2) is 6.14. The molecule has 1 saturated carbocycles. The van der Waals surface area contributed by atoms with Gasteiger partial charge in [-0.2, -0.15) is 0 Å². The third kappa shape index (κ3) is 3.33. The maximum atomic E-state index is 12.4. The first-order chi connectivity index (χ1) is 9.44. The molecule has 20 heavy (non-hydrogen) atoms. The molecule has 0 unspecified atom stereocenters. The Kier molecular flexibility index (Phi) is 4.70. The largest absolute Gasteiger partial charge is 0.497 e. The highest BCUT2D eigenvalue weighted by molar-refractivity contribution is 7.89. The molecular formula is C15H23NO3S. The topological polar surface area (TPSA) is 55.4 Å². The van der Waals surface area contributed by atoms with Crippen LogP contribution in [0.25, 0.3) is 0 Å². The molecule has 1 aromatic rings. The standard InChI is InChI=1S/C15H23NO3S/c1-11-5-4-6-15(12(11)2)16-20(17,18)14-9-7-13(19-3)8-10-14/h7-12,15-16H,4-6H2,1-3H3/t11-,12-,15+/m0/s1. The van der Waals surface area contributed by atoms with Crippen LogP contribution in [0.2, 0.25) is 0 Å². The van der Waals surface area contributed by atoms with E-state index in [-0.39, 0.29) is 6.04 Å². The summed E-state index contributed by atoms with van der Waals surface area (Å²) >= 11 is 0. The monoisotopic (exact) mass is 297 g/mol. The SMILES string of the molecule is COc1ccc(S(=O)(=O)N[C@@H]2CCC[C@H](C)[C@@H]2C)cc1. The Balaban J connectivity index is 2.13. The molecule has 3 atom stereocenters. The van der Waals surface area contributed by atoms with Crippen molar-refractivity contribution < 1.29 is 13.2 Å². The minimum absolute atomic E-state index is 0.0332. The van der Waals surface area contributed by atoms with Crippen molar-refractivity contribution in [2.45, 2.75) is 44.0 Å². The number of rotatable bonds is 4. The van der Waals surface area contributed by atoms with Crippen molar-refractivity contribution in [1.82, 2.24) is 4.72 Å². The van der Waals surface area contributed by atoms with Gasteiger partial charge >= 0.3 is 0 Å². The quantitative estimate of drug-likeness (QED) is 0.929. The van der Waals surface area contributed by atoms with Gasteiger partial charge in [0.05, 0.1) is 12.0 Å². The van der Waals surface area contributed by atoms with Crippen LogP contribution in [-0.2, 0) is 10.0 Å². The van der Waals surface area contributed by atoms with Crippen LogP contribution in [0.5, 0.6) is 5.75 Å². The van der Waals surface area contributed by atoms with Crippen LogP contribution in [0, 0.1) is 11.8 Å². The van der Waals surface area contributed by atoms with Crippen molar-refractivity contribution in [2.75, 3.05) is 7.11 Å². The van der Waals surface area contributed by atoms with Crippen LogP contribution >= 0.6 is 0 Å². The van der Waals surface area contributed by atoms with Crippen molar-refractivity contribution in [2.24, 2.45) is 11.8 Å². The van der Waals surface area contributed by atoms with Gasteiger partial charge in [-0.05, 0) is 42.5 Å². The number of benzene rings is 1. The number of hydrogen-bond donors (Lipinski definition) is 1. The van der Waals surface area contributed by atoms with Gasteiger partial charge in [0.25, 0.3) is 0 Å².